The fourth-order valence-corrected chi connectivity index (χ4v) is 4.77. The minimum absolute atomic E-state index is 0.00511. The molecular weight excluding hydrogens is 495 g/mol. The van der Waals surface area contributed by atoms with E-state index >= 15 is 0 Å². The van der Waals surface area contributed by atoms with Crippen molar-refractivity contribution in [2.45, 2.75) is 65.0 Å². The summed E-state index contributed by atoms with van der Waals surface area (Å²) >= 11 is 12.1. The lowest BCUT2D eigenvalue weighted by Gasteiger charge is -2.31. The van der Waals surface area contributed by atoms with Crippen LogP contribution in [0.2, 0.25) is 10.0 Å². The van der Waals surface area contributed by atoms with Gasteiger partial charge in [-0.1, -0.05) is 49.2 Å². The molecular formula is C28H38Cl2N4O2. The summed E-state index contributed by atoms with van der Waals surface area (Å²) in [4.78, 5) is 32.6. The Morgan fingerprint density at radius 2 is 1.72 bits per heavy atom. The second-order valence-electron chi connectivity index (χ2n) is 10.9. The number of nitrogens with one attached hydrogen (secondary N) is 2. The van der Waals surface area contributed by atoms with E-state index in [1.807, 2.05) is 50.2 Å². The topological polar surface area (TPSA) is 74.3 Å². The van der Waals surface area contributed by atoms with Crippen molar-refractivity contribution in [1.29, 1.82) is 0 Å². The van der Waals surface area contributed by atoms with Crippen molar-refractivity contribution >= 4 is 35.0 Å². The number of amides is 2. The van der Waals surface area contributed by atoms with Gasteiger partial charge in [0.1, 0.15) is 0 Å². The number of hydrogen-bond acceptors (Lipinski definition) is 4. The van der Waals surface area contributed by atoms with E-state index in [0.717, 1.165) is 24.2 Å². The summed E-state index contributed by atoms with van der Waals surface area (Å²) in [6, 6.07) is 11.2. The molecule has 0 spiro atoms. The van der Waals surface area contributed by atoms with E-state index in [2.05, 4.69) is 41.3 Å². The van der Waals surface area contributed by atoms with Crippen LogP contribution in [0.1, 0.15) is 70.7 Å². The first kappa shape index (κ1) is 28.4. The Labute approximate surface area is 225 Å². The molecule has 36 heavy (non-hydrogen) atoms. The highest BCUT2D eigenvalue weighted by Crippen LogP contribution is 2.36. The van der Waals surface area contributed by atoms with Crippen molar-refractivity contribution in [3.8, 4) is 0 Å². The van der Waals surface area contributed by atoms with E-state index in [4.69, 9.17) is 23.2 Å². The van der Waals surface area contributed by atoms with E-state index in [0.29, 0.717) is 29.6 Å². The lowest BCUT2D eigenvalue weighted by molar-refractivity contribution is -0.126. The highest BCUT2D eigenvalue weighted by molar-refractivity contribution is 6.30. The summed E-state index contributed by atoms with van der Waals surface area (Å²) in [5.74, 6) is -0.242. The molecule has 2 aromatic rings. The number of rotatable bonds is 9. The summed E-state index contributed by atoms with van der Waals surface area (Å²) < 4.78 is 0. The molecule has 0 bridgehead atoms. The minimum Gasteiger partial charge on any atom is -0.356 e. The largest absolute Gasteiger partial charge is 0.356 e. The van der Waals surface area contributed by atoms with Gasteiger partial charge in [-0.25, -0.2) is 0 Å². The van der Waals surface area contributed by atoms with E-state index in [-0.39, 0.29) is 41.1 Å². The van der Waals surface area contributed by atoms with Crippen LogP contribution < -0.4 is 10.6 Å². The van der Waals surface area contributed by atoms with Gasteiger partial charge in [-0.15, -0.1) is 0 Å². The number of aromatic nitrogens is 1. The minimum atomic E-state index is -0.189. The number of nitrogens with zero attached hydrogens (tertiary/aromatic N) is 2. The molecule has 6 nitrogen and oxygen atoms in total. The second kappa shape index (κ2) is 12.4. The molecule has 3 atom stereocenters. The Balaban J connectivity index is 1.63. The summed E-state index contributed by atoms with van der Waals surface area (Å²) in [5, 5.41) is 7.52. The summed E-state index contributed by atoms with van der Waals surface area (Å²) in [6.45, 7) is 12.3. The van der Waals surface area contributed by atoms with Crippen molar-refractivity contribution in [2.75, 3.05) is 19.6 Å². The number of carbonyl (C=O) groups is 2. The van der Waals surface area contributed by atoms with E-state index in [1.54, 1.807) is 6.20 Å². The first-order chi connectivity index (χ1) is 17.0. The number of carbonyl (C=O) groups excluding carboxylic acids is 2. The van der Waals surface area contributed by atoms with Crippen molar-refractivity contribution in [2.24, 2.45) is 11.8 Å². The van der Waals surface area contributed by atoms with Gasteiger partial charge in [0.25, 0.3) is 0 Å². The maximum Gasteiger partial charge on any atom is 0.225 e. The van der Waals surface area contributed by atoms with E-state index < -0.39 is 0 Å². The van der Waals surface area contributed by atoms with Crippen LogP contribution >= 0.6 is 23.2 Å². The fraction of sp³-hybridized carbons (Fsp3) is 0.536. The highest BCUT2D eigenvalue weighted by atomic mass is 35.5. The molecule has 0 saturated carbocycles. The third-order valence-corrected chi connectivity index (χ3v) is 7.29. The van der Waals surface area contributed by atoms with Crippen LogP contribution in [0, 0.1) is 11.8 Å². The van der Waals surface area contributed by atoms with E-state index in [1.165, 1.54) is 0 Å². The Morgan fingerprint density at radius 3 is 2.31 bits per heavy atom. The first-order valence-corrected chi connectivity index (χ1v) is 13.4. The predicted molar refractivity (Wildman–Crippen MR) is 146 cm³/mol. The van der Waals surface area contributed by atoms with Crippen LogP contribution in [0.5, 0.6) is 0 Å². The van der Waals surface area contributed by atoms with Crippen molar-refractivity contribution in [3.05, 3.63) is 63.9 Å². The predicted octanol–water partition coefficient (Wildman–Crippen LogP) is 5.61. The van der Waals surface area contributed by atoms with Crippen LogP contribution in [-0.2, 0) is 9.59 Å². The summed E-state index contributed by atoms with van der Waals surface area (Å²) in [5.41, 5.74) is 1.86. The van der Waals surface area contributed by atoms with Gasteiger partial charge in [0.2, 0.25) is 11.8 Å². The maximum atomic E-state index is 13.3. The smallest absolute Gasteiger partial charge is 0.225 e. The zero-order chi connectivity index (χ0) is 26.5. The molecule has 1 aromatic heterocycles. The van der Waals surface area contributed by atoms with Gasteiger partial charge < -0.3 is 10.6 Å². The van der Waals surface area contributed by atoms with Gasteiger partial charge >= 0.3 is 0 Å². The molecule has 3 rings (SSSR count). The lowest BCUT2D eigenvalue weighted by Crippen LogP contribution is -2.41. The van der Waals surface area contributed by atoms with Gasteiger partial charge in [0, 0.05) is 53.9 Å². The van der Waals surface area contributed by atoms with Crippen LogP contribution in [0.15, 0.2) is 42.6 Å². The Hall–Kier alpha value is -2.15. The number of benzene rings is 1. The van der Waals surface area contributed by atoms with Gasteiger partial charge in [-0.2, -0.15) is 0 Å². The van der Waals surface area contributed by atoms with Crippen molar-refractivity contribution in [1.82, 2.24) is 20.5 Å². The van der Waals surface area contributed by atoms with Crippen LogP contribution in [0.25, 0.3) is 0 Å². The van der Waals surface area contributed by atoms with Crippen LogP contribution in [0.3, 0.4) is 0 Å². The Bertz CT molecular complexity index is 1020. The quantitative estimate of drug-likeness (QED) is 0.411. The molecule has 1 aliphatic rings. The normalized spacial score (nSPS) is 19.3. The molecule has 0 radical (unpaired) electrons. The molecule has 8 heteroatoms. The molecule has 0 unspecified atom stereocenters. The standard InChI is InChI=1S/C28H38Cl2N4O2/c1-18(2)26(35)33-24(19-8-10-20(29)11-9-19)7-6-14-31-27(36)23-17-34(28(3,4)5)16-22(23)25-13-12-21(30)15-32-25/h8-13,15,18,22-24H,6-7,14,16-17H2,1-5H3,(H,31,36)(H,33,35)/t22-,23-,24+/m1/s1. The van der Waals surface area contributed by atoms with Gasteiger partial charge in [0.15, 0.2) is 0 Å². The third kappa shape index (κ3) is 7.67. The Morgan fingerprint density at radius 1 is 1.06 bits per heavy atom. The molecule has 0 aliphatic carbocycles. The highest BCUT2D eigenvalue weighted by Gasteiger charge is 2.42. The molecule has 2 heterocycles. The van der Waals surface area contributed by atoms with Gasteiger partial charge in [0.05, 0.1) is 17.0 Å². The number of halogens is 2. The second-order valence-corrected chi connectivity index (χ2v) is 11.8. The maximum absolute atomic E-state index is 13.3. The molecule has 196 valence electrons. The fourth-order valence-electron chi connectivity index (χ4n) is 4.53. The number of pyridine rings is 1. The van der Waals surface area contributed by atoms with Crippen molar-refractivity contribution < 1.29 is 9.59 Å². The van der Waals surface area contributed by atoms with Crippen LogP contribution in [0.4, 0.5) is 0 Å². The number of hydrogen-bond donors (Lipinski definition) is 2. The van der Waals surface area contributed by atoms with Gasteiger partial charge in [-0.3, -0.25) is 19.5 Å². The van der Waals surface area contributed by atoms with Crippen molar-refractivity contribution in [3.63, 3.8) is 0 Å². The van der Waals surface area contributed by atoms with E-state index in [9.17, 15) is 9.59 Å². The lowest BCUT2D eigenvalue weighted by atomic mass is 9.91. The third-order valence-electron chi connectivity index (χ3n) is 6.82. The average Bonchev–Trinajstić information content (AvgIpc) is 3.28. The molecule has 1 fully saturated rings. The SMILES string of the molecule is CC(C)C(=O)N[C@@H](CCCNC(=O)[C@@H]1CN(C(C)(C)C)C[C@H]1c1ccc(Cl)cn1)c1ccc(Cl)cc1. The monoisotopic (exact) mass is 532 g/mol. The zero-order valence-electron chi connectivity index (χ0n) is 21.9. The van der Waals surface area contributed by atoms with Gasteiger partial charge in [-0.05, 0) is 63.4 Å². The molecule has 2 amide bonds. The zero-order valence-corrected chi connectivity index (χ0v) is 23.4. The molecule has 1 saturated heterocycles. The summed E-state index contributed by atoms with van der Waals surface area (Å²) in [6.07, 6.45) is 3.09. The average molecular weight is 534 g/mol. The molecule has 2 N–H and O–H groups in total. The first-order valence-electron chi connectivity index (χ1n) is 12.7. The van der Waals surface area contributed by atoms with Crippen LogP contribution in [-0.4, -0.2) is 46.9 Å². The molecule has 1 aromatic carbocycles. The number of likely N-dealkylation sites (tertiary alicyclic amines) is 1. The summed E-state index contributed by atoms with van der Waals surface area (Å²) in [7, 11) is 0. The molecule has 1 aliphatic heterocycles. The Kier molecular flexibility index (Phi) is 9.79.